The number of hydrogen-bond acceptors (Lipinski definition) is 6. The van der Waals surface area contributed by atoms with Crippen molar-refractivity contribution in [2.75, 3.05) is 5.32 Å². The molecular weight excluding hydrogens is 340 g/mol. The van der Waals surface area contributed by atoms with E-state index in [-0.39, 0.29) is 18.1 Å². The van der Waals surface area contributed by atoms with Crippen LogP contribution >= 0.6 is 11.3 Å². The fourth-order valence-corrected chi connectivity index (χ4v) is 3.56. The number of nitrogens with zero attached hydrogens (tertiary/aromatic N) is 3. The van der Waals surface area contributed by atoms with Gasteiger partial charge in [-0.05, 0) is 25.0 Å². The lowest BCUT2D eigenvalue weighted by atomic mass is 10.3. The highest BCUT2D eigenvalue weighted by Gasteiger charge is 2.28. The van der Waals surface area contributed by atoms with Crippen LogP contribution in [0.1, 0.15) is 36.4 Å². The molecule has 1 N–H and O–H groups in total. The fourth-order valence-electron chi connectivity index (χ4n) is 2.46. The van der Waals surface area contributed by atoms with E-state index in [4.69, 9.17) is 4.74 Å². The van der Waals surface area contributed by atoms with Gasteiger partial charge in [-0.15, -0.1) is 0 Å². The Balaban J connectivity index is 1.52. The van der Waals surface area contributed by atoms with E-state index in [2.05, 4.69) is 15.4 Å². The summed E-state index contributed by atoms with van der Waals surface area (Å²) in [5.41, 5.74) is 1.02. The third kappa shape index (κ3) is 3.53. The molecule has 0 unspecified atom stereocenters. The summed E-state index contributed by atoms with van der Waals surface area (Å²) in [6.07, 6.45) is 2.27. The number of carbonyl (C=O) groups excluding carboxylic acids is 1. The van der Waals surface area contributed by atoms with Crippen LogP contribution in [0.25, 0.3) is 4.96 Å². The van der Waals surface area contributed by atoms with Gasteiger partial charge in [0.1, 0.15) is 17.4 Å². The lowest BCUT2D eigenvalue weighted by Gasteiger charge is -2.08. The first-order valence-corrected chi connectivity index (χ1v) is 8.80. The largest absolute Gasteiger partial charge is 0.487 e. The third-order valence-electron chi connectivity index (χ3n) is 3.78. The number of ether oxygens (including phenoxy) is 1. The van der Waals surface area contributed by atoms with Crippen LogP contribution < -0.4 is 15.6 Å². The van der Waals surface area contributed by atoms with E-state index in [1.54, 1.807) is 24.3 Å². The summed E-state index contributed by atoms with van der Waals surface area (Å²) in [5, 5.41) is 8.03. The van der Waals surface area contributed by atoms with Crippen molar-refractivity contribution in [3.05, 3.63) is 51.4 Å². The first-order valence-electron chi connectivity index (χ1n) is 7.98. The molecule has 2 aromatic heterocycles. The molecule has 128 valence electrons. The first-order chi connectivity index (χ1) is 12.1. The summed E-state index contributed by atoms with van der Waals surface area (Å²) in [4.78, 5) is 28.4. The zero-order chi connectivity index (χ0) is 17.4. The Morgan fingerprint density at radius 2 is 2.24 bits per heavy atom. The second kappa shape index (κ2) is 6.29. The molecule has 1 aliphatic carbocycles. The molecular formula is C17H16N4O3S. The standard InChI is InChI=1S/C17H16N4O3S/c1-10(22)18-12-3-2-4-14(7-12)24-9-13-8-15(23)21-17(19-13)25-16(20-21)11-5-6-11/h2-4,7-8,11H,5-6,9H2,1H3,(H,18,22). The lowest BCUT2D eigenvalue weighted by molar-refractivity contribution is -0.114. The summed E-state index contributed by atoms with van der Waals surface area (Å²) in [6.45, 7) is 1.62. The van der Waals surface area contributed by atoms with Crippen LogP contribution in [0, 0.1) is 0 Å². The monoisotopic (exact) mass is 356 g/mol. The SMILES string of the molecule is CC(=O)Nc1cccc(OCc2cc(=O)n3nc(C4CC4)sc3n2)c1. The number of fused-ring (bicyclic) bond motifs is 1. The van der Waals surface area contributed by atoms with E-state index in [9.17, 15) is 9.59 Å². The van der Waals surface area contributed by atoms with Crippen LogP contribution in [-0.2, 0) is 11.4 Å². The number of anilines is 1. The average Bonchev–Trinajstić information content (AvgIpc) is 3.32. The molecule has 8 heteroatoms. The highest BCUT2D eigenvalue weighted by molar-refractivity contribution is 7.16. The van der Waals surface area contributed by atoms with Crippen LogP contribution in [0.2, 0.25) is 0 Å². The van der Waals surface area contributed by atoms with Gasteiger partial charge in [-0.3, -0.25) is 9.59 Å². The minimum atomic E-state index is -0.196. The maximum Gasteiger partial charge on any atom is 0.275 e. The molecule has 1 saturated carbocycles. The number of hydrogen-bond donors (Lipinski definition) is 1. The van der Waals surface area contributed by atoms with Crippen LogP contribution in [0.5, 0.6) is 5.75 Å². The fraction of sp³-hybridized carbons (Fsp3) is 0.294. The highest BCUT2D eigenvalue weighted by Crippen LogP contribution is 2.41. The van der Waals surface area contributed by atoms with Crippen molar-refractivity contribution in [3.8, 4) is 5.75 Å². The Hall–Kier alpha value is -2.74. The molecule has 7 nitrogen and oxygen atoms in total. The van der Waals surface area contributed by atoms with Crippen molar-refractivity contribution in [1.29, 1.82) is 0 Å². The van der Waals surface area contributed by atoms with Gasteiger partial charge >= 0.3 is 0 Å². The molecule has 25 heavy (non-hydrogen) atoms. The van der Waals surface area contributed by atoms with Crippen LogP contribution in [0.4, 0.5) is 5.69 Å². The van der Waals surface area contributed by atoms with E-state index < -0.39 is 0 Å². The molecule has 4 rings (SSSR count). The zero-order valence-electron chi connectivity index (χ0n) is 13.6. The molecule has 0 bridgehead atoms. The quantitative estimate of drug-likeness (QED) is 0.759. The number of nitrogens with one attached hydrogen (secondary N) is 1. The Morgan fingerprint density at radius 3 is 3.00 bits per heavy atom. The van der Waals surface area contributed by atoms with Gasteiger partial charge in [0.05, 0.1) is 5.69 Å². The van der Waals surface area contributed by atoms with Crippen LogP contribution in [0.15, 0.2) is 35.1 Å². The van der Waals surface area contributed by atoms with E-state index in [1.807, 2.05) is 0 Å². The predicted molar refractivity (Wildman–Crippen MR) is 94.2 cm³/mol. The van der Waals surface area contributed by atoms with E-state index in [0.29, 0.717) is 28.0 Å². The van der Waals surface area contributed by atoms with Gasteiger partial charge in [0.25, 0.3) is 5.56 Å². The molecule has 0 aliphatic heterocycles. The normalized spacial score (nSPS) is 13.8. The summed E-state index contributed by atoms with van der Waals surface area (Å²) < 4.78 is 7.07. The van der Waals surface area contributed by atoms with Crippen molar-refractivity contribution in [1.82, 2.24) is 14.6 Å². The molecule has 1 aromatic carbocycles. The average molecular weight is 356 g/mol. The zero-order valence-corrected chi connectivity index (χ0v) is 14.4. The molecule has 0 saturated heterocycles. The second-order valence-corrected chi connectivity index (χ2v) is 6.98. The molecule has 1 amide bonds. The first kappa shape index (κ1) is 15.8. The summed E-state index contributed by atoms with van der Waals surface area (Å²) in [6, 6.07) is 8.53. The van der Waals surface area contributed by atoms with Gasteiger partial charge in [-0.2, -0.15) is 9.61 Å². The van der Waals surface area contributed by atoms with Crippen molar-refractivity contribution in [2.24, 2.45) is 0 Å². The topological polar surface area (TPSA) is 85.6 Å². The van der Waals surface area contributed by atoms with Crippen LogP contribution in [-0.4, -0.2) is 20.5 Å². The predicted octanol–water partition coefficient (Wildman–Crippen LogP) is 2.57. The maximum atomic E-state index is 12.2. The Bertz CT molecular complexity index is 1010. The van der Waals surface area contributed by atoms with Gasteiger partial charge in [-0.1, -0.05) is 17.4 Å². The number of carbonyl (C=O) groups is 1. The summed E-state index contributed by atoms with van der Waals surface area (Å²) >= 11 is 1.46. The molecule has 0 spiro atoms. The molecule has 2 heterocycles. The molecule has 0 atom stereocenters. The van der Waals surface area contributed by atoms with Crippen molar-refractivity contribution in [2.45, 2.75) is 32.3 Å². The van der Waals surface area contributed by atoms with E-state index >= 15 is 0 Å². The minimum Gasteiger partial charge on any atom is -0.487 e. The maximum absolute atomic E-state index is 12.2. The van der Waals surface area contributed by atoms with Gasteiger partial charge in [0.15, 0.2) is 0 Å². The summed E-state index contributed by atoms with van der Waals surface area (Å²) in [5.74, 6) is 0.937. The number of benzene rings is 1. The van der Waals surface area contributed by atoms with Gasteiger partial charge in [0, 0.05) is 30.7 Å². The number of aromatic nitrogens is 3. The van der Waals surface area contributed by atoms with Crippen molar-refractivity contribution < 1.29 is 9.53 Å². The Labute approximate surface area is 147 Å². The summed E-state index contributed by atoms with van der Waals surface area (Å²) in [7, 11) is 0. The van der Waals surface area contributed by atoms with Crippen LogP contribution in [0.3, 0.4) is 0 Å². The lowest BCUT2D eigenvalue weighted by Crippen LogP contribution is -2.16. The van der Waals surface area contributed by atoms with E-state index in [0.717, 1.165) is 17.8 Å². The van der Waals surface area contributed by atoms with Gasteiger partial charge in [0.2, 0.25) is 10.9 Å². The molecule has 1 fully saturated rings. The van der Waals surface area contributed by atoms with Gasteiger partial charge < -0.3 is 10.1 Å². The third-order valence-corrected chi connectivity index (χ3v) is 4.85. The second-order valence-electron chi connectivity index (χ2n) is 5.99. The molecule has 1 aliphatic rings. The Morgan fingerprint density at radius 1 is 1.40 bits per heavy atom. The van der Waals surface area contributed by atoms with E-state index in [1.165, 1.54) is 28.8 Å². The number of amides is 1. The molecule has 0 radical (unpaired) electrons. The Kier molecular flexibility index (Phi) is 3.96. The number of rotatable bonds is 5. The molecule has 3 aromatic rings. The van der Waals surface area contributed by atoms with Crippen molar-refractivity contribution in [3.63, 3.8) is 0 Å². The minimum absolute atomic E-state index is 0.144. The highest BCUT2D eigenvalue weighted by atomic mass is 32.1. The van der Waals surface area contributed by atoms with Crippen molar-refractivity contribution >= 4 is 27.9 Å². The smallest absolute Gasteiger partial charge is 0.275 e. The van der Waals surface area contributed by atoms with Gasteiger partial charge in [-0.25, -0.2) is 4.98 Å².